The molecular weight excluding hydrogens is 400 g/mol. The number of aryl methyl sites for hydroxylation is 2. The van der Waals surface area contributed by atoms with Crippen LogP contribution >= 0.6 is 11.3 Å². The summed E-state index contributed by atoms with van der Waals surface area (Å²) in [5, 5.41) is 3.52. The van der Waals surface area contributed by atoms with Gasteiger partial charge < -0.3 is 14.7 Å². The molecule has 0 radical (unpaired) electrons. The second-order valence-corrected chi connectivity index (χ2v) is 9.16. The van der Waals surface area contributed by atoms with Gasteiger partial charge >= 0.3 is 0 Å². The molecule has 4 rings (SSSR count). The Labute approximate surface area is 179 Å². The summed E-state index contributed by atoms with van der Waals surface area (Å²) in [6, 6.07) is 3.79. The highest BCUT2D eigenvalue weighted by molar-refractivity contribution is 7.18. The molecule has 0 spiro atoms. The Kier molecular flexibility index (Phi) is 6.06. The molecule has 1 atom stereocenters. The number of fused-ring (bicyclic) bond motifs is 1. The number of H-pyrrole nitrogens is 1. The van der Waals surface area contributed by atoms with Crippen LogP contribution in [0, 0.1) is 13.8 Å². The Bertz CT molecular complexity index is 1110. The molecular formula is C22H28N4O3S. The van der Waals surface area contributed by atoms with Gasteiger partial charge in [0.2, 0.25) is 0 Å². The van der Waals surface area contributed by atoms with Gasteiger partial charge in [0.05, 0.1) is 11.4 Å². The molecule has 0 saturated carbocycles. The molecule has 1 saturated heterocycles. The quantitative estimate of drug-likeness (QED) is 0.624. The molecule has 1 fully saturated rings. The van der Waals surface area contributed by atoms with Gasteiger partial charge in [-0.3, -0.25) is 14.5 Å². The number of nitrogens with one attached hydrogen (secondary N) is 2. The molecule has 0 aliphatic carbocycles. The first kappa shape index (κ1) is 20.8. The van der Waals surface area contributed by atoms with E-state index in [0.29, 0.717) is 29.9 Å². The summed E-state index contributed by atoms with van der Waals surface area (Å²) in [4.78, 5) is 36.4. The normalized spacial score (nSPS) is 16.1. The molecule has 0 aromatic carbocycles. The molecule has 3 aromatic rings. The van der Waals surface area contributed by atoms with E-state index >= 15 is 0 Å². The van der Waals surface area contributed by atoms with Gasteiger partial charge in [-0.2, -0.15) is 0 Å². The molecule has 3 aromatic heterocycles. The van der Waals surface area contributed by atoms with E-state index in [1.54, 1.807) is 6.07 Å². The van der Waals surface area contributed by atoms with Crippen molar-refractivity contribution in [2.75, 3.05) is 19.6 Å². The Morgan fingerprint density at radius 2 is 2.07 bits per heavy atom. The summed E-state index contributed by atoms with van der Waals surface area (Å²) >= 11 is 1.52. The number of hydrogen-bond acceptors (Lipinski definition) is 6. The summed E-state index contributed by atoms with van der Waals surface area (Å²) in [7, 11) is 0. The van der Waals surface area contributed by atoms with Gasteiger partial charge in [0.1, 0.15) is 16.4 Å². The standard InChI is InChI=1S/C22H28N4O3S/c1-13-15(3)30-22-19(13)21(28)24-18(25-22)9-10-23-20(27)17-8-7-16(29-17)14(2)26-11-5-4-6-12-26/h7-8,14H,4-6,9-12H2,1-3H3,(H,23,27)(H,24,25,28). The lowest BCUT2D eigenvalue weighted by atomic mass is 10.1. The number of hydrogen-bond donors (Lipinski definition) is 2. The number of piperidine rings is 1. The highest BCUT2D eigenvalue weighted by Gasteiger charge is 2.22. The van der Waals surface area contributed by atoms with Gasteiger partial charge in [0.25, 0.3) is 11.5 Å². The monoisotopic (exact) mass is 428 g/mol. The first-order valence-corrected chi connectivity index (χ1v) is 11.4. The third kappa shape index (κ3) is 4.20. The third-order valence-corrected chi connectivity index (χ3v) is 7.04. The summed E-state index contributed by atoms with van der Waals surface area (Å²) in [5.41, 5.74) is 0.863. The predicted molar refractivity (Wildman–Crippen MR) is 118 cm³/mol. The number of likely N-dealkylation sites (tertiary alicyclic amines) is 1. The van der Waals surface area contributed by atoms with Crippen LogP contribution in [0.3, 0.4) is 0 Å². The molecule has 8 heteroatoms. The van der Waals surface area contributed by atoms with Crippen LogP contribution in [0.1, 0.15) is 64.8 Å². The van der Waals surface area contributed by atoms with E-state index in [-0.39, 0.29) is 17.5 Å². The fourth-order valence-electron chi connectivity index (χ4n) is 3.98. The van der Waals surface area contributed by atoms with Crippen LogP contribution in [0.2, 0.25) is 0 Å². The lowest BCUT2D eigenvalue weighted by Crippen LogP contribution is -2.32. The zero-order valence-electron chi connectivity index (χ0n) is 17.7. The minimum absolute atomic E-state index is 0.120. The van der Waals surface area contributed by atoms with E-state index in [1.807, 2.05) is 19.9 Å². The maximum absolute atomic E-state index is 12.5. The first-order valence-electron chi connectivity index (χ1n) is 10.5. The summed E-state index contributed by atoms with van der Waals surface area (Å²) < 4.78 is 5.83. The summed E-state index contributed by atoms with van der Waals surface area (Å²) in [5.74, 6) is 1.46. The summed E-state index contributed by atoms with van der Waals surface area (Å²) in [6.07, 6.45) is 4.16. The maximum atomic E-state index is 12.5. The van der Waals surface area contributed by atoms with Gasteiger partial charge in [0, 0.05) is 17.8 Å². The molecule has 1 amide bonds. The summed E-state index contributed by atoms with van der Waals surface area (Å²) in [6.45, 7) is 8.57. The van der Waals surface area contributed by atoms with Crippen molar-refractivity contribution in [3.63, 3.8) is 0 Å². The molecule has 7 nitrogen and oxygen atoms in total. The maximum Gasteiger partial charge on any atom is 0.287 e. The second kappa shape index (κ2) is 8.73. The number of furan rings is 1. The number of aromatic nitrogens is 2. The number of carbonyl (C=O) groups is 1. The molecule has 1 unspecified atom stereocenters. The van der Waals surface area contributed by atoms with Gasteiger partial charge in [-0.25, -0.2) is 4.98 Å². The molecule has 160 valence electrons. The molecule has 2 N–H and O–H groups in total. The molecule has 30 heavy (non-hydrogen) atoms. The number of rotatable bonds is 6. The van der Waals surface area contributed by atoms with Crippen LogP contribution in [0.4, 0.5) is 0 Å². The molecule has 0 bridgehead atoms. The Balaban J connectivity index is 1.36. The van der Waals surface area contributed by atoms with Gasteiger partial charge in [-0.05, 0) is 64.4 Å². The van der Waals surface area contributed by atoms with Crippen LogP contribution in [-0.2, 0) is 6.42 Å². The average Bonchev–Trinajstić information content (AvgIpc) is 3.33. The highest BCUT2D eigenvalue weighted by Crippen LogP contribution is 2.26. The van der Waals surface area contributed by atoms with Crippen LogP contribution in [-0.4, -0.2) is 40.4 Å². The van der Waals surface area contributed by atoms with Crippen molar-refractivity contribution < 1.29 is 9.21 Å². The van der Waals surface area contributed by atoms with Crippen LogP contribution in [0.25, 0.3) is 10.2 Å². The second-order valence-electron chi connectivity index (χ2n) is 7.96. The number of nitrogens with zero attached hydrogens (tertiary/aromatic N) is 2. The third-order valence-electron chi connectivity index (χ3n) is 5.94. The highest BCUT2D eigenvalue weighted by atomic mass is 32.1. The Hall–Kier alpha value is -2.45. The van der Waals surface area contributed by atoms with Crippen molar-refractivity contribution in [2.45, 2.75) is 52.5 Å². The smallest absolute Gasteiger partial charge is 0.287 e. The van der Waals surface area contributed by atoms with E-state index < -0.39 is 0 Å². The molecule has 1 aliphatic heterocycles. The van der Waals surface area contributed by atoms with Crippen LogP contribution in [0.15, 0.2) is 21.3 Å². The van der Waals surface area contributed by atoms with E-state index in [0.717, 1.165) is 34.1 Å². The largest absolute Gasteiger partial charge is 0.454 e. The predicted octanol–water partition coefficient (Wildman–Crippen LogP) is 3.71. The van der Waals surface area contributed by atoms with E-state index in [4.69, 9.17) is 4.42 Å². The van der Waals surface area contributed by atoms with Crippen molar-refractivity contribution in [1.82, 2.24) is 20.2 Å². The molecule has 1 aliphatic rings. The van der Waals surface area contributed by atoms with Crippen LogP contribution < -0.4 is 10.9 Å². The van der Waals surface area contributed by atoms with Gasteiger partial charge in [-0.15, -0.1) is 11.3 Å². The SMILES string of the molecule is Cc1sc2nc(CCNC(=O)c3ccc(C(C)N4CCCCC4)o3)[nH]c(=O)c2c1C. The Morgan fingerprint density at radius 1 is 1.30 bits per heavy atom. The fourth-order valence-corrected chi connectivity index (χ4v) is 5.03. The number of carbonyl (C=O) groups excluding carboxylic acids is 1. The van der Waals surface area contributed by atoms with Gasteiger partial charge in [0.15, 0.2) is 5.76 Å². The number of aromatic amines is 1. The number of thiophene rings is 1. The van der Waals surface area contributed by atoms with E-state index in [2.05, 4.69) is 27.1 Å². The lowest BCUT2D eigenvalue weighted by molar-refractivity contribution is 0.0917. The van der Waals surface area contributed by atoms with Crippen molar-refractivity contribution >= 4 is 27.5 Å². The average molecular weight is 429 g/mol. The van der Waals surface area contributed by atoms with Crippen molar-refractivity contribution in [2.24, 2.45) is 0 Å². The van der Waals surface area contributed by atoms with Crippen LogP contribution in [0.5, 0.6) is 0 Å². The minimum atomic E-state index is -0.252. The zero-order chi connectivity index (χ0) is 21.3. The van der Waals surface area contributed by atoms with Gasteiger partial charge in [-0.1, -0.05) is 6.42 Å². The lowest BCUT2D eigenvalue weighted by Gasteiger charge is -2.31. The zero-order valence-corrected chi connectivity index (χ0v) is 18.5. The first-order chi connectivity index (χ1) is 14.4. The van der Waals surface area contributed by atoms with E-state index in [9.17, 15) is 9.59 Å². The van der Waals surface area contributed by atoms with E-state index in [1.165, 1.54) is 30.6 Å². The number of amides is 1. The topological polar surface area (TPSA) is 91.2 Å². The fraction of sp³-hybridized carbons (Fsp3) is 0.500. The minimum Gasteiger partial charge on any atom is -0.454 e. The van der Waals surface area contributed by atoms with Crippen molar-refractivity contribution in [3.05, 3.63) is 50.3 Å². The molecule has 4 heterocycles. The van der Waals surface area contributed by atoms with Crippen molar-refractivity contribution in [1.29, 1.82) is 0 Å². The van der Waals surface area contributed by atoms with Crippen molar-refractivity contribution in [3.8, 4) is 0 Å². The Morgan fingerprint density at radius 3 is 2.83 bits per heavy atom.